The van der Waals surface area contributed by atoms with Crippen LogP contribution in [-0.2, 0) is 18.4 Å². The van der Waals surface area contributed by atoms with Crippen LogP contribution < -0.4 is 16.1 Å². The Balaban J connectivity index is 1.80. The van der Waals surface area contributed by atoms with Gasteiger partial charge in [-0.1, -0.05) is 0 Å². The zero-order chi connectivity index (χ0) is 18.8. The smallest absolute Gasteiger partial charge is 0.332 e. The van der Waals surface area contributed by atoms with Crippen molar-refractivity contribution in [2.24, 2.45) is 13.0 Å². The van der Waals surface area contributed by atoms with E-state index in [-0.39, 0.29) is 23.1 Å². The number of rotatable bonds is 3. The Morgan fingerprint density at radius 1 is 1.12 bits per heavy atom. The minimum Gasteiger partial charge on any atom is -0.357 e. The quantitative estimate of drug-likeness (QED) is 0.728. The van der Waals surface area contributed by atoms with Gasteiger partial charge in [-0.25, -0.2) is 4.79 Å². The predicted molar refractivity (Wildman–Crippen MR) is 101 cm³/mol. The molecule has 1 unspecified atom stereocenters. The second kappa shape index (κ2) is 7.65. The highest BCUT2D eigenvalue weighted by Gasteiger charge is 2.31. The highest BCUT2D eigenvalue weighted by Crippen LogP contribution is 2.23. The number of amides is 1. The molecule has 26 heavy (non-hydrogen) atoms. The van der Waals surface area contributed by atoms with Gasteiger partial charge in [0.25, 0.3) is 5.56 Å². The Labute approximate surface area is 153 Å². The Morgan fingerprint density at radius 2 is 1.81 bits per heavy atom. The zero-order valence-electron chi connectivity index (χ0n) is 16.0. The first-order valence-electron chi connectivity index (χ1n) is 9.45. The van der Waals surface area contributed by atoms with Crippen LogP contribution in [0, 0.1) is 5.92 Å². The average molecular weight is 363 g/mol. The van der Waals surface area contributed by atoms with Crippen molar-refractivity contribution < 1.29 is 4.79 Å². The summed E-state index contributed by atoms with van der Waals surface area (Å²) in [5.74, 6) is 0.769. The van der Waals surface area contributed by atoms with Gasteiger partial charge in [0.1, 0.15) is 5.82 Å². The van der Waals surface area contributed by atoms with E-state index in [2.05, 4.69) is 11.9 Å². The van der Waals surface area contributed by atoms with Crippen molar-refractivity contribution in [3.05, 3.63) is 26.9 Å². The Bertz CT molecular complexity index is 776. The standard InChI is InChI=1S/C18H29N5O3/c1-4-23-15(12-16(24)20(3)18(23)26)22-7-5-6-14(13-22)17(25)21-10-8-19(2)9-11-21/h12,14H,4-11,13H2,1-3H3. The average Bonchev–Trinajstić information content (AvgIpc) is 2.66. The number of aromatic nitrogens is 2. The second-order valence-electron chi connectivity index (χ2n) is 7.34. The SMILES string of the molecule is CCn1c(N2CCCC(C(=O)N3CCN(C)CC3)C2)cc(=O)n(C)c1=O. The van der Waals surface area contributed by atoms with Crippen LogP contribution in [0.5, 0.6) is 0 Å². The molecule has 0 aromatic carbocycles. The third-order valence-electron chi connectivity index (χ3n) is 5.60. The van der Waals surface area contributed by atoms with E-state index in [4.69, 9.17) is 0 Å². The maximum absolute atomic E-state index is 12.9. The van der Waals surface area contributed by atoms with Gasteiger partial charge >= 0.3 is 5.69 Å². The van der Waals surface area contributed by atoms with E-state index in [9.17, 15) is 14.4 Å². The van der Waals surface area contributed by atoms with Crippen molar-refractivity contribution in [1.29, 1.82) is 0 Å². The van der Waals surface area contributed by atoms with Gasteiger partial charge in [0, 0.05) is 58.9 Å². The Hall–Kier alpha value is -2.09. The molecule has 0 N–H and O–H groups in total. The largest absolute Gasteiger partial charge is 0.357 e. The molecule has 1 amide bonds. The Kier molecular flexibility index (Phi) is 5.50. The Morgan fingerprint density at radius 3 is 2.46 bits per heavy atom. The lowest BCUT2D eigenvalue weighted by molar-refractivity contribution is -0.137. The normalized spacial score (nSPS) is 21.9. The summed E-state index contributed by atoms with van der Waals surface area (Å²) in [5, 5.41) is 0. The summed E-state index contributed by atoms with van der Waals surface area (Å²) < 4.78 is 2.74. The second-order valence-corrected chi connectivity index (χ2v) is 7.34. The van der Waals surface area contributed by atoms with E-state index in [1.54, 1.807) is 4.57 Å². The van der Waals surface area contributed by atoms with Crippen LogP contribution in [0.15, 0.2) is 15.7 Å². The van der Waals surface area contributed by atoms with Crippen LogP contribution in [0.2, 0.25) is 0 Å². The van der Waals surface area contributed by atoms with Crippen LogP contribution in [0.25, 0.3) is 0 Å². The topological polar surface area (TPSA) is 70.8 Å². The molecule has 0 saturated carbocycles. The van der Waals surface area contributed by atoms with E-state index in [1.165, 1.54) is 13.1 Å². The summed E-state index contributed by atoms with van der Waals surface area (Å²) in [6.07, 6.45) is 1.75. The molecule has 8 heteroatoms. The highest BCUT2D eigenvalue weighted by molar-refractivity contribution is 5.80. The summed E-state index contributed by atoms with van der Waals surface area (Å²) in [6.45, 7) is 7.09. The van der Waals surface area contributed by atoms with E-state index < -0.39 is 0 Å². The van der Waals surface area contributed by atoms with Crippen molar-refractivity contribution >= 4 is 11.7 Å². The van der Waals surface area contributed by atoms with Gasteiger partial charge in [0.15, 0.2) is 0 Å². The number of likely N-dealkylation sites (N-methyl/N-ethyl adjacent to an activating group) is 1. The fourth-order valence-corrected chi connectivity index (χ4v) is 3.89. The molecule has 2 aliphatic heterocycles. The molecule has 0 spiro atoms. The summed E-state index contributed by atoms with van der Waals surface area (Å²) in [6, 6.07) is 1.52. The van der Waals surface area contributed by atoms with Crippen LogP contribution in [0.3, 0.4) is 0 Å². The zero-order valence-corrected chi connectivity index (χ0v) is 16.0. The summed E-state index contributed by atoms with van der Waals surface area (Å²) >= 11 is 0. The third kappa shape index (κ3) is 3.56. The van der Waals surface area contributed by atoms with E-state index in [0.717, 1.165) is 50.1 Å². The molecule has 2 aliphatic rings. The predicted octanol–water partition coefficient (Wildman–Crippen LogP) is -0.443. The van der Waals surface area contributed by atoms with Gasteiger partial charge < -0.3 is 14.7 Å². The molecule has 0 radical (unpaired) electrons. The molecular weight excluding hydrogens is 334 g/mol. The number of piperidine rings is 1. The first kappa shape index (κ1) is 18.7. The van der Waals surface area contributed by atoms with Crippen LogP contribution in [0.4, 0.5) is 5.82 Å². The summed E-state index contributed by atoms with van der Waals surface area (Å²) in [7, 11) is 3.57. The summed E-state index contributed by atoms with van der Waals surface area (Å²) in [4.78, 5) is 43.7. The van der Waals surface area contributed by atoms with Gasteiger partial charge in [-0.3, -0.25) is 18.7 Å². The lowest BCUT2D eigenvalue weighted by Crippen LogP contribution is -2.52. The fourth-order valence-electron chi connectivity index (χ4n) is 3.89. The molecular formula is C18H29N5O3. The molecule has 1 aromatic rings. The summed E-state index contributed by atoms with van der Waals surface area (Å²) in [5.41, 5.74) is -0.607. The van der Waals surface area contributed by atoms with Crippen molar-refractivity contribution in [2.75, 3.05) is 51.2 Å². The van der Waals surface area contributed by atoms with Crippen molar-refractivity contribution in [3.8, 4) is 0 Å². The monoisotopic (exact) mass is 363 g/mol. The highest BCUT2D eigenvalue weighted by atomic mass is 16.2. The third-order valence-corrected chi connectivity index (χ3v) is 5.60. The van der Waals surface area contributed by atoms with Gasteiger partial charge in [0.2, 0.25) is 5.91 Å². The van der Waals surface area contributed by atoms with Gasteiger partial charge in [-0.05, 0) is 26.8 Å². The molecule has 1 atom stereocenters. The molecule has 3 rings (SSSR count). The molecule has 2 fully saturated rings. The van der Waals surface area contributed by atoms with Crippen molar-refractivity contribution in [3.63, 3.8) is 0 Å². The van der Waals surface area contributed by atoms with Gasteiger partial charge in [0.05, 0.1) is 5.92 Å². The molecule has 0 aliphatic carbocycles. The van der Waals surface area contributed by atoms with Crippen LogP contribution >= 0.6 is 0 Å². The molecule has 3 heterocycles. The lowest BCUT2D eigenvalue weighted by Gasteiger charge is -2.39. The minimum atomic E-state index is -0.304. The van der Waals surface area contributed by atoms with Crippen LogP contribution in [0.1, 0.15) is 19.8 Å². The van der Waals surface area contributed by atoms with Gasteiger partial charge in [-0.2, -0.15) is 0 Å². The van der Waals surface area contributed by atoms with E-state index >= 15 is 0 Å². The number of carbonyl (C=O) groups excluding carboxylic acids is 1. The van der Waals surface area contributed by atoms with E-state index in [1.807, 2.05) is 16.7 Å². The van der Waals surface area contributed by atoms with E-state index in [0.29, 0.717) is 18.9 Å². The first-order chi connectivity index (χ1) is 12.4. The first-order valence-corrected chi connectivity index (χ1v) is 9.45. The van der Waals surface area contributed by atoms with Crippen LogP contribution in [-0.4, -0.2) is 71.2 Å². The molecule has 2 saturated heterocycles. The number of carbonyl (C=O) groups is 1. The number of hydrogen-bond acceptors (Lipinski definition) is 5. The van der Waals surface area contributed by atoms with Crippen molar-refractivity contribution in [2.45, 2.75) is 26.3 Å². The molecule has 0 bridgehead atoms. The molecule has 8 nitrogen and oxygen atoms in total. The molecule has 1 aromatic heterocycles. The van der Waals surface area contributed by atoms with Crippen molar-refractivity contribution in [1.82, 2.24) is 18.9 Å². The number of nitrogens with zero attached hydrogens (tertiary/aromatic N) is 5. The maximum Gasteiger partial charge on any atom is 0.332 e. The maximum atomic E-state index is 12.9. The van der Waals surface area contributed by atoms with Gasteiger partial charge in [-0.15, -0.1) is 0 Å². The minimum absolute atomic E-state index is 0.0726. The number of piperazine rings is 1. The molecule has 144 valence electrons. The lowest BCUT2D eigenvalue weighted by atomic mass is 9.96. The number of anilines is 1. The number of hydrogen-bond donors (Lipinski definition) is 0. The fraction of sp³-hybridized carbons (Fsp3) is 0.722.